The van der Waals surface area contributed by atoms with Gasteiger partial charge in [-0.25, -0.2) is 0 Å². The van der Waals surface area contributed by atoms with E-state index in [0.29, 0.717) is 0 Å². The van der Waals surface area contributed by atoms with Crippen LogP contribution in [0.4, 0.5) is 11.4 Å². The Balaban J connectivity index is 2.15. The van der Waals surface area contributed by atoms with Crippen LogP contribution in [0.3, 0.4) is 0 Å². The van der Waals surface area contributed by atoms with Gasteiger partial charge in [0.2, 0.25) is 11.8 Å². The molecular weight excluding hydrogens is 276 g/mol. The number of hydrogen-bond donors (Lipinski definition) is 2. The topological polar surface area (TPSA) is 58.2 Å². The molecule has 0 aliphatic rings. The average Bonchev–Trinajstić information content (AvgIpc) is 2.47. The van der Waals surface area contributed by atoms with Crippen molar-refractivity contribution >= 4 is 35.3 Å². The number of carbonyl (C=O) groups excluding carboxylic acids is 2. The van der Waals surface area contributed by atoms with Gasteiger partial charge in [0.1, 0.15) is 0 Å². The third-order valence-electron chi connectivity index (χ3n) is 2.96. The van der Waals surface area contributed by atoms with E-state index in [9.17, 15) is 9.59 Å². The molecule has 0 fully saturated rings. The summed E-state index contributed by atoms with van der Waals surface area (Å²) in [4.78, 5) is 22.2. The lowest BCUT2D eigenvalue weighted by molar-refractivity contribution is -0.115. The van der Waals surface area contributed by atoms with E-state index >= 15 is 0 Å². The van der Waals surface area contributed by atoms with Gasteiger partial charge >= 0.3 is 0 Å². The molecule has 4 heteroatoms. The zero-order valence-corrected chi connectivity index (χ0v) is 12.6. The molecule has 2 amide bonds. The van der Waals surface area contributed by atoms with Crippen molar-refractivity contribution in [1.82, 2.24) is 0 Å². The molecule has 0 aromatic heterocycles. The van der Waals surface area contributed by atoms with Crippen molar-refractivity contribution in [2.45, 2.75) is 13.8 Å². The molecule has 2 aromatic rings. The molecule has 0 heterocycles. The van der Waals surface area contributed by atoms with Crippen LogP contribution in [0.2, 0.25) is 0 Å². The summed E-state index contributed by atoms with van der Waals surface area (Å²) in [6.07, 6.45) is 3.90. The summed E-state index contributed by atoms with van der Waals surface area (Å²) in [6, 6.07) is 15.1. The van der Waals surface area contributed by atoms with Gasteiger partial charge in [0, 0.05) is 25.2 Å². The number of para-hydroxylation sites is 1. The first kappa shape index (κ1) is 15.5. The Morgan fingerprint density at radius 1 is 0.818 bits per heavy atom. The van der Waals surface area contributed by atoms with Crippen LogP contribution in [0.1, 0.15) is 25.0 Å². The average molecular weight is 294 g/mol. The quantitative estimate of drug-likeness (QED) is 0.843. The molecule has 0 radical (unpaired) electrons. The highest BCUT2D eigenvalue weighted by molar-refractivity contribution is 5.92. The predicted molar refractivity (Wildman–Crippen MR) is 90.4 cm³/mol. The molecular formula is C18H18N2O2. The lowest BCUT2D eigenvalue weighted by Crippen LogP contribution is -2.06. The zero-order valence-electron chi connectivity index (χ0n) is 12.6. The maximum absolute atomic E-state index is 11.2. The van der Waals surface area contributed by atoms with Crippen molar-refractivity contribution < 1.29 is 9.59 Å². The zero-order chi connectivity index (χ0) is 15.9. The third-order valence-corrected chi connectivity index (χ3v) is 2.96. The first-order valence-corrected chi connectivity index (χ1v) is 6.97. The van der Waals surface area contributed by atoms with Crippen LogP contribution in [-0.4, -0.2) is 11.8 Å². The minimum absolute atomic E-state index is 0.0903. The second kappa shape index (κ2) is 7.22. The van der Waals surface area contributed by atoms with E-state index in [1.165, 1.54) is 13.8 Å². The first-order chi connectivity index (χ1) is 10.5. The summed E-state index contributed by atoms with van der Waals surface area (Å²) < 4.78 is 0. The van der Waals surface area contributed by atoms with E-state index in [2.05, 4.69) is 10.6 Å². The van der Waals surface area contributed by atoms with Gasteiger partial charge < -0.3 is 10.6 Å². The fourth-order valence-corrected chi connectivity index (χ4v) is 2.01. The highest BCUT2D eigenvalue weighted by atomic mass is 16.2. The Labute approximate surface area is 129 Å². The molecule has 4 nitrogen and oxygen atoms in total. The summed E-state index contributed by atoms with van der Waals surface area (Å²) in [7, 11) is 0. The van der Waals surface area contributed by atoms with Gasteiger partial charge in [0.15, 0.2) is 0 Å². The molecule has 0 saturated carbocycles. The van der Waals surface area contributed by atoms with Crippen LogP contribution in [0.5, 0.6) is 0 Å². The minimum Gasteiger partial charge on any atom is -0.326 e. The first-order valence-electron chi connectivity index (χ1n) is 6.97. The Kier molecular flexibility index (Phi) is 5.09. The maximum Gasteiger partial charge on any atom is 0.221 e. The predicted octanol–water partition coefficient (Wildman–Crippen LogP) is 3.77. The third kappa shape index (κ3) is 4.59. The summed E-state index contributed by atoms with van der Waals surface area (Å²) in [5, 5.41) is 5.53. The van der Waals surface area contributed by atoms with E-state index in [1.54, 1.807) is 0 Å². The number of anilines is 2. The van der Waals surface area contributed by atoms with Gasteiger partial charge in [-0.15, -0.1) is 0 Å². The van der Waals surface area contributed by atoms with E-state index in [1.807, 2.05) is 60.7 Å². The largest absolute Gasteiger partial charge is 0.326 e. The molecule has 112 valence electrons. The Morgan fingerprint density at radius 2 is 1.45 bits per heavy atom. The standard InChI is InChI=1S/C18H18N2O2/c1-13(21)19-17-11-8-15(9-12-17)7-10-16-5-3-4-6-18(16)20-14(2)22/h3-12H,1-2H3,(H,19,21)(H,20,22)/b10-7-. The Bertz CT molecular complexity index is 703. The number of hydrogen-bond acceptors (Lipinski definition) is 2. The minimum atomic E-state index is -0.0967. The molecule has 0 saturated heterocycles. The molecule has 0 aliphatic carbocycles. The Hall–Kier alpha value is -2.88. The van der Waals surface area contributed by atoms with Crippen molar-refractivity contribution in [2.24, 2.45) is 0 Å². The van der Waals surface area contributed by atoms with Crippen LogP contribution in [0, 0.1) is 0 Å². The van der Waals surface area contributed by atoms with Gasteiger partial charge in [-0.2, -0.15) is 0 Å². The van der Waals surface area contributed by atoms with Crippen LogP contribution in [-0.2, 0) is 9.59 Å². The Morgan fingerprint density at radius 3 is 2.09 bits per heavy atom. The smallest absolute Gasteiger partial charge is 0.221 e. The number of rotatable bonds is 4. The van der Waals surface area contributed by atoms with Gasteiger partial charge in [-0.05, 0) is 29.3 Å². The van der Waals surface area contributed by atoms with Gasteiger partial charge in [-0.1, -0.05) is 42.5 Å². The fraction of sp³-hybridized carbons (Fsp3) is 0.111. The van der Waals surface area contributed by atoms with E-state index in [0.717, 1.165) is 22.5 Å². The van der Waals surface area contributed by atoms with Crippen molar-refractivity contribution in [3.8, 4) is 0 Å². The SMILES string of the molecule is CC(=O)Nc1ccc(/C=C\c2ccccc2NC(C)=O)cc1. The summed E-state index contributed by atoms with van der Waals surface area (Å²) >= 11 is 0. The van der Waals surface area contributed by atoms with Gasteiger partial charge in [0.25, 0.3) is 0 Å². The number of nitrogens with one attached hydrogen (secondary N) is 2. The summed E-state index contributed by atoms with van der Waals surface area (Å²) in [6.45, 7) is 2.97. The van der Waals surface area contributed by atoms with Gasteiger partial charge in [-0.3, -0.25) is 9.59 Å². The van der Waals surface area contributed by atoms with E-state index in [4.69, 9.17) is 0 Å². The highest BCUT2D eigenvalue weighted by Gasteiger charge is 2.00. The molecule has 2 N–H and O–H groups in total. The monoisotopic (exact) mass is 294 g/mol. The number of amides is 2. The second-order valence-electron chi connectivity index (χ2n) is 4.90. The van der Waals surface area contributed by atoms with Crippen molar-refractivity contribution in [3.05, 3.63) is 59.7 Å². The maximum atomic E-state index is 11.2. The van der Waals surface area contributed by atoms with Crippen molar-refractivity contribution in [3.63, 3.8) is 0 Å². The van der Waals surface area contributed by atoms with Crippen LogP contribution < -0.4 is 10.6 Å². The highest BCUT2D eigenvalue weighted by Crippen LogP contribution is 2.19. The normalized spacial score (nSPS) is 10.5. The lowest BCUT2D eigenvalue weighted by Gasteiger charge is -2.06. The molecule has 0 unspecified atom stereocenters. The lowest BCUT2D eigenvalue weighted by atomic mass is 10.1. The second-order valence-corrected chi connectivity index (χ2v) is 4.90. The van der Waals surface area contributed by atoms with E-state index < -0.39 is 0 Å². The van der Waals surface area contributed by atoms with Crippen LogP contribution >= 0.6 is 0 Å². The van der Waals surface area contributed by atoms with Crippen LogP contribution in [0.15, 0.2) is 48.5 Å². The molecule has 2 aromatic carbocycles. The van der Waals surface area contributed by atoms with Crippen molar-refractivity contribution in [1.29, 1.82) is 0 Å². The number of benzene rings is 2. The number of carbonyl (C=O) groups is 2. The summed E-state index contributed by atoms with van der Waals surface area (Å²) in [5.74, 6) is -0.187. The molecule has 22 heavy (non-hydrogen) atoms. The van der Waals surface area contributed by atoms with Crippen molar-refractivity contribution in [2.75, 3.05) is 10.6 Å². The molecule has 0 aliphatic heterocycles. The molecule has 0 atom stereocenters. The molecule has 0 bridgehead atoms. The van der Waals surface area contributed by atoms with Gasteiger partial charge in [0.05, 0.1) is 0 Å². The fourth-order valence-electron chi connectivity index (χ4n) is 2.01. The van der Waals surface area contributed by atoms with Crippen LogP contribution in [0.25, 0.3) is 12.2 Å². The summed E-state index contributed by atoms with van der Waals surface area (Å²) in [5.41, 5.74) is 3.49. The molecule has 0 spiro atoms. The molecule has 2 rings (SSSR count). The van der Waals surface area contributed by atoms with E-state index in [-0.39, 0.29) is 11.8 Å².